The number of hydrogen-bond donors (Lipinski definition) is 1. The lowest BCUT2D eigenvalue weighted by molar-refractivity contribution is 0.393. The predicted octanol–water partition coefficient (Wildman–Crippen LogP) is 5.36. The average molecular weight is 383 g/mol. The summed E-state index contributed by atoms with van der Waals surface area (Å²) in [5, 5.41) is 5.09. The highest BCUT2D eigenvalue weighted by Crippen LogP contribution is 2.33. The molecule has 0 saturated heterocycles. The van der Waals surface area contributed by atoms with Crippen molar-refractivity contribution in [1.29, 1.82) is 0 Å². The van der Waals surface area contributed by atoms with E-state index in [0.717, 1.165) is 50.1 Å². The molecular formula is C24H21N3O2. The van der Waals surface area contributed by atoms with Crippen LogP contribution < -0.4 is 5.56 Å². The van der Waals surface area contributed by atoms with Crippen molar-refractivity contribution in [3.8, 4) is 11.1 Å². The van der Waals surface area contributed by atoms with Crippen LogP contribution >= 0.6 is 0 Å². The van der Waals surface area contributed by atoms with Crippen molar-refractivity contribution in [2.75, 3.05) is 0 Å². The zero-order chi connectivity index (χ0) is 20.1. The van der Waals surface area contributed by atoms with Crippen LogP contribution in [0, 0.1) is 13.8 Å². The topological polar surface area (TPSA) is 63.8 Å². The number of aromatic nitrogens is 3. The van der Waals surface area contributed by atoms with E-state index in [1.165, 1.54) is 0 Å². The zero-order valence-electron chi connectivity index (χ0n) is 16.6. The second-order valence-corrected chi connectivity index (χ2v) is 7.48. The van der Waals surface area contributed by atoms with Crippen molar-refractivity contribution in [2.45, 2.75) is 26.8 Å². The fraction of sp³-hybridized carbons (Fsp3) is 0.167. The van der Waals surface area contributed by atoms with E-state index in [-0.39, 0.29) is 11.6 Å². The van der Waals surface area contributed by atoms with Gasteiger partial charge in [-0.2, -0.15) is 0 Å². The summed E-state index contributed by atoms with van der Waals surface area (Å²) in [6.07, 6.45) is 0. The lowest BCUT2D eigenvalue weighted by Gasteiger charge is -2.17. The lowest BCUT2D eigenvalue weighted by Crippen LogP contribution is -2.23. The molecule has 0 radical (unpaired) electrons. The molecule has 3 aromatic heterocycles. The third-order valence-corrected chi connectivity index (χ3v) is 5.66. The van der Waals surface area contributed by atoms with Gasteiger partial charge in [0.25, 0.3) is 5.56 Å². The molecule has 0 aliphatic rings. The molecule has 0 fully saturated rings. The normalized spacial score (nSPS) is 12.7. The van der Waals surface area contributed by atoms with Crippen molar-refractivity contribution in [3.05, 3.63) is 88.0 Å². The standard InChI is InChI=1S/C24H21N3O2/c1-14-23(16(3)29-26-14)18-9-10-19-21(13-18)25-20-11-12-22(28)27(24(19)20)15(2)17-7-5-4-6-8-17/h4-13,15,25H,1-3H3. The molecule has 0 bridgehead atoms. The fourth-order valence-electron chi connectivity index (χ4n) is 4.24. The van der Waals surface area contributed by atoms with E-state index in [9.17, 15) is 4.79 Å². The molecule has 0 spiro atoms. The van der Waals surface area contributed by atoms with Gasteiger partial charge in [0.15, 0.2) is 0 Å². The molecule has 1 atom stereocenters. The van der Waals surface area contributed by atoms with Crippen LogP contribution in [0.2, 0.25) is 0 Å². The number of aromatic amines is 1. The minimum Gasteiger partial charge on any atom is -0.361 e. The number of rotatable bonds is 3. The Morgan fingerprint density at radius 2 is 1.79 bits per heavy atom. The van der Waals surface area contributed by atoms with Crippen LogP contribution in [0.15, 0.2) is 70.0 Å². The minimum atomic E-state index is -0.0753. The highest BCUT2D eigenvalue weighted by molar-refractivity contribution is 6.06. The summed E-state index contributed by atoms with van der Waals surface area (Å²) in [5.74, 6) is 0.799. The highest BCUT2D eigenvalue weighted by atomic mass is 16.5. The van der Waals surface area contributed by atoms with E-state index in [2.05, 4.69) is 47.4 Å². The average Bonchev–Trinajstić information content (AvgIpc) is 3.27. The Hall–Kier alpha value is -3.60. The molecule has 144 valence electrons. The number of nitrogens with one attached hydrogen (secondary N) is 1. The summed E-state index contributed by atoms with van der Waals surface area (Å²) in [5.41, 5.74) is 6.87. The van der Waals surface area contributed by atoms with Gasteiger partial charge in [-0.1, -0.05) is 47.6 Å². The van der Waals surface area contributed by atoms with Gasteiger partial charge in [0.1, 0.15) is 5.76 Å². The molecule has 1 N–H and O–H groups in total. The summed E-state index contributed by atoms with van der Waals surface area (Å²) in [6.45, 7) is 5.93. The SMILES string of the molecule is Cc1noc(C)c1-c1ccc2c(c1)[nH]c1ccc(=O)n(C(C)c3ccccc3)c12. The number of fused-ring (bicyclic) bond motifs is 3. The van der Waals surface area contributed by atoms with Crippen LogP contribution in [0.4, 0.5) is 0 Å². The first-order valence-corrected chi connectivity index (χ1v) is 9.70. The van der Waals surface area contributed by atoms with Gasteiger partial charge < -0.3 is 9.51 Å². The van der Waals surface area contributed by atoms with Gasteiger partial charge in [0.05, 0.1) is 22.8 Å². The van der Waals surface area contributed by atoms with Gasteiger partial charge in [-0.05, 0) is 44.0 Å². The van der Waals surface area contributed by atoms with E-state index in [4.69, 9.17) is 4.52 Å². The molecule has 2 aromatic carbocycles. The van der Waals surface area contributed by atoms with E-state index in [1.807, 2.05) is 42.7 Å². The number of aryl methyl sites for hydroxylation is 2. The van der Waals surface area contributed by atoms with Gasteiger partial charge >= 0.3 is 0 Å². The molecule has 5 rings (SSSR count). The Morgan fingerprint density at radius 3 is 2.52 bits per heavy atom. The predicted molar refractivity (Wildman–Crippen MR) is 115 cm³/mol. The molecule has 5 nitrogen and oxygen atoms in total. The summed E-state index contributed by atoms with van der Waals surface area (Å²) in [7, 11) is 0. The van der Waals surface area contributed by atoms with Gasteiger partial charge in [0.2, 0.25) is 0 Å². The van der Waals surface area contributed by atoms with Gasteiger partial charge in [-0.15, -0.1) is 0 Å². The number of pyridine rings is 1. The van der Waals surface area contributed by atoms with Crippen molar-refractivity contribution in [2.24, 2.45) is 0 Å². The van der Waals surface area contributed by atoms with Crippen LogP contribution in [0.1, 0.15) is 30.0 Å². The summed E-state index contributed by atoms with van der Waals surface area (Å²) >= 11 is 0. The van der Waals surface area contributed by atoms with Crippen molar-refractivity contribution < 1.29 is 4.52 Å². The Labute approximate surface area is 167 Å². The lowest BCUT2D eigenvalue weighted by atomic mass is 10.0. The minimum absolute atomic E-state index is 0.00967. The summed E-state index contributed by atoms with van der Waals surface area (Å²) in [4.78, 5) is 16.3. The zero-order valence-corrected chi connectivity index (χ0v) is 16.6. The second kappa shape index (κ2) is 6.48. The molecule has 29 heavy (non-hydrogen) atoms. The number of hydrogen-bond acceptors (Lipinski definition) is 3. The van der Waals surface area contributed by atoms with E-state index in [0.29, 0.717) is 0 Å². The quantitative estimate of drug-likeness (QED) is 0.456. The molecule has 5 heteroatoms. The third kappa shape index (κ3) is 2.70. The first-order chi connectivity index (χ1) is 14.0. The monoisotopic (exact) mass is 383 g/mol. The number of nitrogens with zero attached hydrogens (tertiary/aromatic N) is 2. The molecule has 5 aromatic rings. The van der Waals surface area contributed by atoms with Crippen LogP contribution in [-0.2, 0) is 0 Å². The second-order valence-electron chi connectivity index (χ2n) is 7.48. The molecule has 1 unspecified atom stereocenters. The van der Waals surface area contributed by atoms with Gasteiger partial charge in [-0.3, -0.25) is 9.36 Å². The number of benzene rings is 2. The first-order valence-electron chi connectivity index (χ1n) is 9.70. The summed E-state index contributed by atoms with van der Waals surface area (Å²) in [6, 6.07) is 19.8. The van der Waals surface area contributed by atoms with Gasteiger partial charge in [-0.25, -0.2) is 0 Å². The molecule has 0 saturated carbocycles. The Bertz CT molecular complexity index is 1390. The van der Waals surface area contributed by atoms with E-state index < -0.39 is 0 Å². The van der Waals surface area contributed by atoms with Crippen molar-refractivity contribution in [3.63, 3.8) is 0 Å². The Morgan fingerprint density at radius 1 is 1.00 bits per heavy atom. The third-order valence-electron chi connectivity index (χ3n) is 5.66. The smallest absolute Gasteiger partial charge is 0.251 e. The molecule has 0 aliphatic carbocycles. The maximum Gasteiger partial charge on any atom is 0.251 e. The van der Waals surface area contributed by atoms with Crippen LogP contribution in [-0.4, -0.2) is 14.7 Å². The van der Waals surface area contributed by atoms with Crippen molar-refractivity contribution in [1.82, 2.24) is 14.7 Å². The van der Waals surface area contributed by atoms with E-state index >= 15 is 0 Å². The van der Waals surface area contributed by atoms with Crippen molar-refractivity contribution >= 4 is 21.9 Å². The Kier molecular flexibility index (Phi) is 3.91. The Balaban J connectivity index is 1.76. The summed E-state index contributed by atoms with van der Waals surface area (Å²) < 4.78 is 7.20. The van der Waals surface area contributed by atoms with Crippen LogP contribution in [0.3, 0.4) is 0 Å². The van der Waals surface area contributed by atoms with Gasteiger partial charge in [0, 0.05) is 22.5 Å². The number of H-pyrrole nitrogens is 1. The maximum absolute atomic E-state index is 12.9. The van der Waals surface area contributed by atoms with Crippen LogP contribution in [0.25, 0.3) is 33.1 Å². The first kappa shape index (κ1) is 17.5. The van der Waals surface area contributed by atoms with Crippen LogP contribution in [0.5, 0.6) is 0 Å². The molecule has 3 heterocycles. The fourth-order valence-corrected chi connectivity index (χ4v) is 4.24. The van der Waals surface area contributed by atoms with E-state index in [1.54, 1.807) is 6.07 Å². The molecule has 0 amide bonds. The maximum atomic E-state index is 12.9. The largest absolute Gasteiger partial charge is 0.361 e. The molecule has 0 aliphatic heterocycles. The molecular weight excluding hydrogens is 362 g/mol. The highest BCUT2D eigenvalue weighted by Gasteiger charge is 2.18.